The predicted octanol–water partition coefficient (Wildman–Crippen LogP) is 4.13. The SMILES string of the molecule is CNCc1ccc(N(Cc2ccccc2)C(C)C)cc1C. The van der Waals surface area contributed by atoms with Crippen molar-refractivity contribution >= 4 is 5.69 Å². The van der Waals surface area contributed by atoms with Gasteiger partial charge in [-0.2, -0.15) is 0 Å². The van der Waals surface area contributed by atoms with Crippen LogP contribution >= 0.6 is 0 Å². The highest BCUT2D eigenvalue weighted by Crippen LogP contribution is 2.23. The first kappa shape index (κ1) is 15.6. The van der Waals surface area contributed by atoms with Gasteiger partial charge in [-0.15, -0.1) is 0 Å². The maximum Gasteiger partial charge on any atom is 0.0432 e. The summed E-state index contributed by atoms with van der Waals surface area (Å²) >= 11 is 0. The zero-order chi connectivity index (χ0) is 15.2. The third-order valence-electron chi connectivity index (χ3n) is 3.84. The van der Waals surface area contributed by atoms with E-state index in [4.69, 9.17) is 0 Å². The molecule has 0 atom stereocenters. The number of nitrogens with zero attached hydrogens (tertiary/aromatic N) is 1. The molecule has 0 saturated carbocycles. The fourth-order valence-electron chi connectivity index (χ4n) is 2.60. The molecule has 0 amide bonds. The number of benzene rings is 2. The highest BCUT2D eigenvalue weighted by molar-refractivity contribution is 5.52. The molecule has 0 bridgehead atoms. The van der Waals surface area contributed by atoms with Gasteiger partial charge in [0.25, 0.3) is 0 Å². The first-order valence-electron chi connectivity index (χ1n) is 7.66. The summed E-state index contributed by atoms with van der Waals surface area (Å²) in [4.78, 5) is 2.45. The van der Waals surface area contributed by atoms with E-state index in [-0.39, 0.29) is 0 Å². The zero-order valence-corrected chi connectivity index (χ0v) is 13.6. The van der Waals surface area contributed by atoms with Crippen molar-refractivity contribution in [3.63, 3.8) is 0 Å². The molecule has 21 heavy (non-hydrogen) atoms. The molecule has 112 valence electrons. The Bertz CT molecular complexity index is 561. The van der Waals surface area contributed by atoms with Crippen LogP contribution in [0.4, 0.5) is 5.69 Å². The van der Waals surface area contributed by atoms with Crippen molar-refractivity contribution in [3.8, 4) is 0 Å². The lowest BCUT2D eigenvalue weighted by atomic mass is 10.1. The van der Waals surface area contributed by atoms with Crippen LogP contribution in [0.25, 0.3) is 0 Å². The quantitative estimate of drug-likeness (QED) is 0.857. The van der Waals surface area contributed by atoms with Crippen LogP contribution in [0.5, 0.6) is 0 Å². The fraction of sp³-hybridized carbons (Fsp3) is 0.368. The van der Waals surface area contributed by atoms with Gasteiger partial charge in [0.1, 0.15) is 0 Å². The van der Waals surface area contributed by atoms with Gasteiger partial charge in [0.05, 0.1) is 0 Å². The van der Waals surface area contributed by atoms with Crippen molar-refractivity contribution < 1.29 is 0 Å². The average Bonchev–Trinajstić information content (AvgIpc) is 2.48. The Labute approximate surface area is 128 Å². The van der Waals surface area contributed by atoms with E-state index in [2.05, 4.69) is 79.5 Å². The maximum atomic E-state index is 3.22. The molecule has 2 rings (SSSR count). The van der Waals surface area contributed by atoms with E-state index in [1.54, 1.807) is 0 Å². The maximum absolute atomic E-state index is 3.22. The number of hydrogen-bond donors (Lipinski definition) is 1. The molecule has 2 aromatic carbocycles. The summed E-state index contributed by atoms with van der Waals surface area (Å²) in [5.74, 6) is 0. The van der Waals surface area contributed by atoms with Crippen LogP contribution in [0.3, 0.4) is 0 Å². The molecule has 0 aliphatic rings. The monoisotopic (exact) mass is 282 g/mol. The summed E-state index contributed by atoms with van der Waals surface area (Å²) in [6, 6.07) is 17.9. The smallest absolute Gasteiger partial charge is 0.0432 e. The highest BCUT2D eigenvalue weighted by Gasteiger charge is 2.12. The zero-order valence-electron chi connectivity index (χ0n) is 13.6. The molecule has 2 aromatic rings. The van der Waals surface area contributed by atoms with Crippen molar-refractivity contribution in [2.24, 2.45) is 0 Å². The molecule has 0 aromatic heterocycles. The first-order chi connectivity index (χ1) is 10.1. The molecule has 0 spiro atoms. The number of anilines is 1. The van der Waals surface area contributed by atoms with E-state index in [9.17, 15) is 0 Å². The van der Waals surface area contributed by atoms with Crippen molar-refractivity contribution in [1.29, 1.82) is 0 Å². The molecular weight excluding hydrogens is 256 g/mol. The second-order valence-corrected chi connectivity index (χ2v) is 5.85. The predicted molar refractivity (Wildman–Crippen MR) is 91.7 cm³/mol. The second-order valence-electron chi connectivity index (χ2n) is 5.85. The lowest BCUT2D eigenvalue weighted by Gasteiger charge is -2.30. The molecule has 0 fully saturated rings. The minimum Gasteiger partial charge on any atom is -0.365 e. The third kappa shape index (κ3) is 4.08. The van der Waals surface area contributed by atoms with Crippen LogP contribution in [0.2, 0.25) is 0 Å². The molecule has 0 aliphatic heterocycles. The molecule has 2 nitrogen and oxygen atoms in total. The normalized spacial score (nSPS) is 10.9. The number of rotatable bonds is 6. The summed E-state index contributed by atoms with van der Waals surface area (Å²) in [6.07, 6.45) is 0. The van der Waals surface area contributed by atoms with Crippen molar-refractivity contribution in [1.82, 2.24) is 5.32 Å². The van der Waals surface area contributed by atoms with E-state index in [1.165, 1.54) is 22.4 Å². The Morgan fingerprint density at radius 2 is 1.76 bits per heavy atom. The van der Waals surface area contributed by atoms with Crippen molar-refractivity contribution in [2.45, 2.75) is 39.9 Å². The van der Waals surface area contributed by atoms with E-state index < -0.39 is 0 Å². The van der Waals surface area contributed by atoms with Gasteiger partial charge in [0.15, 0.2) is 0 Å². The van der Waals surface area contributed by atoms with Gasteiger partial charge in [-0.3, -0.25) is 0 Å². The van der Waals surface area contributed by atoms with Crippen LogP contribution in [0, 0.1) is 6.92 Å². The summed E-state index contributed by atoms with van der Waals surface area (Å²) < 4.78 is 0. The fourth-order valence-corrected chi connectivity index (χ4v) is 2.60. The Morgan fingerprint density at radius 3 is 2.33 bits per heavy atom. The summed E-state index contributed by atoms with van der Waals surface area (Å²) in [5.41, 5.74) is 5.36. The Hall–Kier alpha value is -1.80. The van der Waals surface area contributed by atoms with E-state index in [0.29, 0.717) is 6.04 Å². The average molecular weight is 282 g/mol. The summed E-state index contributed by atoms with van der Waals surface area (Å²) in [6.45, 7) is 8.56. The molecule has 2 heteroatoms. The van der Waals surface area contributed by atoms with E-state index in [0.717, 1.165) is 13.1 Å². The Morgan fingerprint density at radius 1 is 1.05 bits per heavy atom. The van der Waals surface area contributed by atoms with Gasteiger partial charge in [0, 0.05) is 24.8 Å². The second kappa shape index (κ2) is 7.28. The van der Waals surface area contributed by atoms with Crippen molar-refractivity contribution in [2.75, 3.05) is 11.9 Å². The minimum absolute atomic E-state index is 0.472. The molecule has 0 heterocycles. The third-order valence-corrected chi connectivity index (χ3v) is 3.84. The topological polar surface area (TPSA) is 15.3 Å². The summed E-state index contributed by atoms with van der Waals surface area (Å²) in [5, 5.41) is 3.22. The molecule has 0 radical (unpaired) electrons. The number of aryl methyl sites for hydroxylation is 1. The molecule has 1 N–H and O–H groups in total. The van der Waals surface area contributed by atoms with Gasteiger partial charge >= 0.3 is 0 Å². The minimum atomic E-state index is 0.472. The Balaban J connectivity index is 2.24. The number of hydrogen-bond acceptors (Lipinski definition) is 2. The highest BCUT2D eigenvalue weighted by atomic mass is 15.1. The lowest BCUT2D eigenvalue weighted by Crippen LogP contribution is -2.30. The van der Waals surface area contributed by atoms with E-state index in [1.807, 2.05) is 7.05 Å². The van der Waals surface area contributed by atoms with Gasteiger partial charge < -0.3 is 10.2 Å². The van der Waals surface area contributed by atoms with Crippen LogP contribution < -0.4 is 10.2 Å². The van der Waals surface area contributed by atoms with Gasteiger partial charge in [-0.25, -0.2) is 0 Å². The summed E-state index contributed by atoms with van der Waals surface area (Å²) in [7, 11) is 1.99. The van der Waals surface area contributed by atoms with Gasteiger partial charge in [-0.05, 0) is 56.6 Å². The van der Waals surface area contributed by atoms with Crippen LogP contribution in [0.1, 0.15) is 30.5 Å². The Kier molecular flexibility index (Phi) is 5.40. The van der Waals surface area contributed by atoms with Crippen LogP contribution in [-0.2, 0) is 13.1 Å². The van der Waals surface area contributed by atoms with Gasteiger partial charge in [-0.1, -0.05) is 36.4 Å². The van der Waals surface area contributed by atoms with Crippen LogP contribution in [-0.4, -0.2) is 13.1 Å². The molecule has 0 saturated heterocycles. The van der Waals surface area contributed by atoms with Crippen LogP contribution in [0.15, 0.2) is 48.5 Å². The molecule has 0 aliphatic carbocycles. The molecule has 0 unspecified atom stereocenters. The van der Waals surface area contributed by atoms with Crippen molar-refractivity contribution in [3.05, 3.63) is 65.2 Å². The first-order valence-corrected chi connectivity index (χ1v) is 7.66. The number of nitrogens with one attached hydrogen (secondary N) is 1. The lowest BCUT2D eigenvalue weighted by molar-refractivity contribution is 0.681. The standard InChI is InChI=1S/C19H26N2/c1-15(2)21(14-17-8-6-5-7-9-17)19-11-10-18(13-20-4)16(3)12-19/h5-12,15,20H,13-14H2,1-4H3. The van der Waals surface area contributed by atoms with Gasteiger partial charge in [0.2, 0.25) is 0 Å². The van der Waals surface area contributed by atoms with E-state index >= 15 is 0 Å². The largest absolute Gasteiger partial charge is 0.365 e. The molecular formula is C19H26N2.